The van der Waals surface area contributed by atoms with Gasteiger partial charge in [0.05, 0.1) is 85.4 Å². The van der Waals surface area contributed by atoms with Crippen molar-refractivity contribution in [3.05, 3.63) is 98.1 Å². The van der Waals surface area contributed by atoms with Gasteiger partial charge in [-0.25, -0.2) is 49.8 Å². The highest BCUT2D eigenvalue weighted by molar-refractivity contribution is 6.34. The third kappa shape index (κ3) is 24.6. The number of aliphatic hydroxyl groups excluding tert-OH is 9. The van der Waals surface area contributed by atoms with Crippen molar-refractivity contribution < 1.29 is 179 Å². The van der Waals surface area contributed by atoms with Gasteiger partial charge >= 0.3 is 71.7 Å². The van der Waals surface area contributed by atoms with Gasteiger partial charge in [-0.2, -0.15) is 19.9 Å². The number of anilines is 1. The lowest BCUT2D eigenvalue weighted by molar-refractivity contribution is -0.394. The van der Waals surface area contributed by atoms with Gasteiger partial charge in [-0.3, -0.25) is 80.1 Å². The van der Waals surface area contributed by atoms with Crippen molar-refractivity contribution in [1.82, 2.24) is 117 Å². The molecule has 18 rings (SSSR count). The minimum atomic E-state index is -1.24. The largest absolute Gasteiger partial charge is 0.479 e. The second-order valence-corrected chi connectivity index (χ2v) is 32.9. The maximum Gasteiger partial charge on any atom is 0.472 e. The van der Waals surface area contributed by atoms with Gasteiger partial charge in [-0.05, 0) is 21.5 Å². The molecule has 18 heterocycles. The lowest BCUT2D eigenvalue weighted by Gasteiger charge is -2.23. The Morgan fingerprint density at radius 2 is 0.664 bits per heavy atom. The Labute approximate surface area is 840 Å². The second kappa shape index (κ2) is 48.1. The molecule has 13 N–H and O–H groups in total. The normalized spacial score (nSPS) is 26.1. The Morgan fingerprint density at radius 1 is 0.362 bits per heavy atom. The molecule has 12 aromatic rings. The first kappa shape index (κ1) is 111. The maximum absolute atomic E-state index is 11.9. The molecule has 149 heavy (non-hydrogen) atoms. The summed E-state index contributed by atoms with van der Waals surface area (Å²) in [6, 6.07) is 0.117. The fourth-order valence-electron chi connectivity index (χ4n) is 15.8. The van der Waals surface area contributed by atoms with Crippen molar-refractivity contribution in [1.29, 1.82) is 0 Å². The average molecular weight is 2140 g/mol. The summed E-state index contributed by atoms with van der Waals surface area (Å²) in [7, 11) is 4.24. The summed E-state index contributed by atoms with van der Waals surface area (Å²) in [4.78, 5) is 206. The highest BCUT2D eigenvalue weighted by atomic mass is 35.5. The number of H-pyrrole nitrogens is 2. The van der Waals surface area contributed by atoms with Gasteiger partial charge in [0, 0.05) is 62.3 Å². The molecule has 0 saturated carbocycles. The van der Waals surface area contributed by atoms with Crippen LogP contribution >= 0.6 is 23.2 Å². The fraction of sp³-hybridized carbons (Fsp3) is 0.519. The number of esters is 9. The number of imidazole rings is 6. The number of methoxy groups -OCH3 is 3. The standard InChI is InChI=1S/C16H16ClN5O9.C16H17ClN4O7.C16H18N4O8.C12H16N4O6.C11H15N5O5.C10H12N4O5/c1-6(23)28-4-9-11(29-7(2)24)12(30-8(3)25)15(31-9)21-5-18-10-13(17)19-16(22(26)27)20-14(10)21;1-7(22)25-4-10-12(26-8(2)23)13(27-9(3)24)16(28-10)21-6-20-11-14(17)18-5-19-15(11)21;1-7(21)25-4-10-12(26-8(2)22)13(27-9(3)23)16(28-10)20-6-19-11-14(20)17-5-18-15(11)24;1-20-10-6-9(14-12(15-10)21-2)16(4-13-6)11-8(19)7(18)5(3-17)22-11;1-20-11-14-8(12)5-9(15-11)16(3-13-5)10-7(19)6(18)4(2-17)21-10;15-1-4-6(16)7(17)10(19-4)14-3-13-5-8(14)11-2-12-9(5)18/h5,9,11-12,15H,4H2,1-3H3;5-6,10,12-13,16H,4H2,1-3H3;5-6,10,12-13,16H,4H2,1-3H3,(H,17,18,24);4-5,7-8,11,17-19H,3H2,1-2H3;3-4,6-7,10,17-19H,2H2,1H3,(H2,12,14,15);2-4,6-7,10,15-17H,1H2,(H,11,12,18)/t9-,11+,12?,15-;2*10-,12+,13?,16-;5-,7+,8?,11-;2*4-,6+,7?,10-/m111111/s1. The minimum absolute atomic E-state index is 0.0323. The third-order valence-electron chi connectivity index (χ3n) is 22.1. The van der Waals surface area contributed by atoms with E-state index in [0.717, 1.165) is 13.8 Å². The van der Waals surface area contributed by atoms with Gasteiger partial charge in [0.15, 0.2) is 141 Å². The van der Waals surface area contributed by atoms with Crippen LogP contribution in [-0.2, 0) is 114 Å². The lowest BCUT2D eigenvalue weighted by Crippen LogP contribution is -2.40. The number of fused-ring (bicyclic) bond motifs is 6. The van der Waals surface area contributed by atoms with Crippen LogP contribution in [0.25, 0.3) is 67.0 Å². The van der Waals surface area contributed by atoms with Crippen molar-refractivity contribution in [2.75, 3.05) is 66.7 Å². The van der Waals surface area contributed by atoms with Gasteiger partial charge in [0.25, 0.3) is 11.1 Å². The van der Waals surface area contributed by atoms with E-state index in [1.807, 2.05) is 0 Å². The van der Waals surface area contributed by atoms with E-state index >= 15 is 0 Å². The quantitative estimate of drug-likeness (QED) is 0.00840. The number of hydrogen-bond acceptors (Lipinski definition) is 57. The molecule has 802 valence electrons. The molecule has 66 nitrogen and oxygen atoms in total. The molecule has 0 aliphatic carbocycles. The number of nitrogen functional groups attached to an aromatic ring is 1. The van der Waals surface area contributed by atoms with Crippen LogP contribution in [0.3, 0.4) is 0 Å². The lowest BCUT2D eigenvalue weighted by atomic mass is 10.1. The predicted octanol–water partition coefficient (Wildman–Crippen LogP) is -4.83. The van der Waals surface area contributed by atoms with E-state index in [1.54, 1.807) is 0 Å². The number of carbonyl (C=O) groups excluding carboxylic acids is 9. The Morgan fingerprint density at radius 3 is 1.01 bits per heavy atom. The zero-order chi connectivity index (χ0) is 108. The van der Waals surface area contributed by atoms with E-state index in [-0.39, 0.29) is 87.3 Å². The molecule has 6 unspecified atom stereocenters. The first-order chi connectivity index (χ1) is 70.9. The maximum atomic E-state index is 11.9. The van der Waals surface area contributed by atoms with Gasteiger partial charge in [-0.15, -0.1) is 0 Å². The molecule has 6 aliphatic heterocycles. The van der Waals surface area contributed by atoms with E-state index in [9.17, 15) is 93.5 Å². The van der Waals surface area contributed by atoms with E-state index < -0.39 is 243 Å². The zero-order valence-electron chi connectivity index (χ0n) is 79.6. The predicted molar refractivity (Wildman–Crippen MR) is 482 cm³/mol. The number of nitrogens with zero attached hydrogens (tertiary/aromatic N) is 23. The van der Waals surface area contributed by atoms with E-state index in [1.165, 1.54) is 154 Å². The van der Waals surface area contributed by atoms with Crippen molar-refractivity contribution >= 4 is 156 Å². The number of nitro groups is 1. The smallest absolute Gasteiger partial charge is 0.472 e. The molecule has 12 aromatic heterocycles. The Kier molecular flexibility index (Phi) is 35.8. The van der Waals surface area contributed by atoms with E-state index in [2.05, 4.69) is 89.7 Å². The van der Waals surface area contributed by atoms with Gasteiger partial charge < -0.3 is 157 Å². The molecule has 0 aromatic carbocycles. The highest BCUT2D eigenvalue weighted by Gasteiger charge is 2.56. The van der Waals surface area contributed by atoms with Crippen molar-refractivity contribution in [2.24, 2.45) is 0 Å². The van der Waals surface area contributed by atoms with Crippen molar-refractivity contribution in [2.45, 2.75) is 210 Å². The number of aliphatic hydroxyl groups is 9. The van der Waals surface area contributed by atoms with Gasteiger partial charge in [-0.1, -0.05) is 16.6 Å². The summed E-state index contributed by atoms with van der Waals surface area (Å²) in [5.74, 6) is -6.05. The van der Waals surface area contributed by atoms with Crippen molar-refractivity contribution in [3.8, 4) is 17.9 Å². The summed E-state index contributed by atoms with van der Waals surface area (Å²) in [5.41, 5.74) is 7.39. The first-order valence-electron chi connectivity index (χ1n) is 43.7. The number of nitrogens with two attached hydrogens (primary N) is 1. The summed E-state index contributed by atoms with van der Waals surface area (Å²) in [5, 5.41) is 97.7. The van der Waals surface area contributed by atoms with Crippen LogP contribution in [0.2, 0.25) is 10.3 Å². The van der Waals surface area contributed by atoms with Crippen molar-refractivity contribution in [3.63, 3.8) is 0 Å². The molecule has 0 bridgehead atoms. The molecule has 0 amide bonds. The molecular weight excluding hydrogens is 2050 g/mol. The van der Waals surface area contributed by atoms with Gasteiger partial charge in [0.2, 0.25) is 16.7 Å². The van der Waals surface area contributed by atoms with Crippen LogP contribution in [0.15, 0.2) is 66.5 Å². The number of ether oxygens (including phenoxy) is 18. The summed E-state index contributed by atoms with van der Waals surface area (Å²) < 4.78 is 104. The van der Waals surface area contributed by atoms with Crippen LogP contribution in [0.1, 0.15) is 99.7 Å². The fourth-order valence-corrected chi connectivity index (χ4v) is 16.2. The molecule has 68 heteroatoms. The number of nitrogens with one attached hydrogen (secondary N) is 2. The third-order valence-corrected chi connectivity index (χ3v) is 22.7. The topological polar surface area (TPSA) is 873 Å². The number of carbonyl (C=O) groups is 9. The number of rotatable bonds is 25. The minimum Gasteiger partial charge on any atom is -0.479 e. The SMILES string of the molecule is CC(=O)OC[C@H]1O[C@@H](n2cnc3c(=O)[nH]cnc32)C(OC(C)=O)[C@H]1OC(C)=O.CC(=O)OC[C@H]1O[C@@H](n2cnc3c(Cl)nc([N+](=O)[O-])nc32)C(OC(C)=O)[C@H]1OC(C)=O.CC(=O)OC[C@H]1O[C@@H](n2cnc3c(Cl)ncnc32)C(OC(C)=O)[C@H]1OC(C)=O.COc1nc(N)c2ncn([C@@H]3O[C@H](CO)[C@H](O)C3O)c2n1.COc1nc(OC)c2ncn([C@@H]3O[C@H](CO)[C@H](O)C3O)c2n1.O=c1[nH]cnc2c1ncn2[C@@H]1O[C@H](CO)[C@H](O)C1O. The number of halogens is 2. The molecule has 6 aliphatic rings. The molecular formula is C81H94Cl2N26O40. The monoisotopic (exact) mass is 2140 g/mol. The number of hydrogen-bond donors (Lipinski definition) is 12. The average Bonchev–Trinajstić information content (AvgIpc) is 1.62. The second-order valence-electron chi connectivity index (χ2n) is 32.2. The first-order valence-corrected chi connectivity index (χ1v) is 44.5. The molecule has 0 radical (unpaired) electrons. The van der Waals surface area contributed by atoms with Crippen LogP contribution in [-0.4, -0.2) is 393 Å². The van der Waals surface area contributed by atoms with Crippen LogP contribution < -0.4 is 31.1 Å². The van der Waals surface area contributed by atoms with Crippen LogP contribution in [0.4, 0.5) is 11.8 Å². The molecule has 6 saturated heterocycles. The Bertz CT molecular complexity index is 7030. The molecule has 24 atom stereocenters. The summed E-state index contributed by atoms with van der Waals surface area (Å²) in [6.07, 6.45) is -13.8. The zero-order valence-corrected chi connectivity index (χ0v) is 81.1. The summed E-state index contributed by atoms with van der Waals surface area (Å²) in [6.45, 7) is 8.71. The summed E-state index contributed by atoms with van der Waals surface area (Å²) >= 11 is 12.0. The number of aromatic amines is 2. The van der Waals surface area contributed by atoms with E-state index in [4.69, 9.17) is 130 Å². The molecule has 6 fully saturated rings. The van der Waals surface area contributed by atoms with Crippen LogP contribution in [0.5, 0.6) is 17.9 Å². The van der Waals surface area contributed by atoms with Gasteiger partial charge in [0.1, 0.15) is 111 Å². The highest BCUT2D eigenvalue weighted by Crippen LogP contribution is 2.43. The molecule has 0 spiro atoms. The van der Waals surface area contributed by atoms with Crippen LogP contribution in [0, 0.1) is 10.1 Å². The van der Waals surface area contributed by atoms with E-state index in [0.29, 0.717) is 33.5 Å². The Balaban J connectivity index is 0.000000150. The number of aromatic nitrogens is 24. The Hall–Kier alpha value is -15.3.